The molecule has 28 heavy (non-hydrogen) atoms. The van der Waals surface area contributed by atoms with E-state index in [4.69, 9.17) is 0 Å². The highest BCUT2D eigenvalue weighted by Gasteiger charge is 2.18. The monoisotopic (exact) mass is 392 g/mol. The van der Waals surface area contributed by atoms with Crippen molar-refractivity contribution >= 4 is 53.6 Å². The number of fused-ring (bicyclic) bond motifs is 3. The van der Waals surface area contributed by atoms with Gasteiger partial charge < -0.3 is 0 Å². The van der Waals surface area contributed by atoms with Crippen LogP contribution in [0.25, 0.3) is 52.5 Å². The van der Waals surface area contributed by atoms with Gasteiger partial charge in [0.2, 0.25) is 0 Å². The molecule has 0 spiro atoms. The summed E-state index contributed by atoms with van der Waals surface area (Å²) in [5.41, 5.74) is 4.00. The lowest BCUT2D eigenvalue weighted by Crippen LogP contribution is -1.80. The van der Waals surface area contributed by atoms with Gasteiger partial charge in [0.1, 0.15) is 0 Å². The molecule has 0 saturated carbocycles. The summed E-state index contributed by atoms with van der Waals surface area (Å²) in [4.78, 5) is 1.37. The van der Waals surface area contributed by atoms with E-state index in [0.717, 1.165) is 0 Å². The first-order valence-electron chi connectivity index (χ1n) is 9.36. The molecule has 2 heterocycles. The molecule has 0 nitrogen and oxygen atoms in total. The van der Waals surface area contributed by atoms with Crippen LogP contribution in [-0.4, -0.2) is 0 Å². The Bertz CT molecular complexity index is 1450. The minimum atomic E-state index is 1.29. The molecule has 0 aliphatic rings. The summed E-state index contributed by atoms with van der Waals surface area (Å²) < 4.78 is 2.70. The van der Waals surface area contributed by atoms with Crippen molar-refractivity contribution in [2.75, 3.05) is 0 Å². The number of hydrogen-bond acceptors (Lipinski definition) is 2. The van der Waals surface area contributed by atoms with Crippen molar-refractivity contribution in [3.8, 4) is 21.6 Å². The van der Waals surface area contributed by atoms with Gasteiger partial charge in [0, 0.05) is 41.6 Å². The minimum absolute atomic E-state index is 1.29. The molecule has 0 unspecified atom stereocenters. The second-order valence-corrected chi connectivity index (χ2v) is 8.98. The van der Waals surface area contributed by atoms with Crippen LogP contribution in [0.4, 0.5) is 0 Å². The number of thiophene rings is 2. The van der Waals surface area contributed by atoms with Crippen LogP contribution in [-0.2, 0) is 0 Å². The molecule has 4 aromatic carbocycles. The van der Waals surface area contributed by atoms with E-state index in [-0.39, 0.29) is 0 Å². The summed E-state index contributed by atoms with van der Waals surface area (Å²) in [6.45, 7) is 0. The van der Waals surface area contributed by atoms with E-state index in [1.165, 1.54) is 52.5 Å². The zero-order valence-corrected chi connectivity index (χ0v) is 16.7. The number of hydrogen-bond donors (Lipinski definition) is 0. The summed E-state index contributed by atoms with van der Waals surface area (Å²) in [5, 5.41) is 7.64. The molecule has 0 aliphatic carbocycles. The average Bonchev–Trinajstić information content (AvgIpc) is 3.33. The fraction of sp³-hybridized carbons (Fsp3) is 0. The predicted molar refractivity (Wildman–Crippen MR) is 126 cm³/mol. The smallest absolute Gasteiger partial charge is 0.0448 e. The standard InChI is InChI=1S/C26H16S2/c1-2-8-17(9-3-1)25-20-12-6-7-13-23(20)28-26(25)22-16-27-24-15-19-11-5-4-10-18(19)14-21(22)24/h1-16H. The van der Waals surface area contributed by atoms with Crippen molar-refractivity contribution in [3.05, 3.63) is 96.4 Å². The third kappa shape index (κ3) is 2.42. The Morgan fingerprint density at radius 1 is 0.571 bits per heavy atom. The van der Waals surface area contributed by atoms with Crippen LogP contribution < -0.4 is 0 Å². The summed E-state index contributed by atoms with van der Waals surface area (Å²) in [7, 11) is 0. The Balaban J connectivity index is 1.70. The normalized spacial score (nSPS) is 11.6. The van der Waals surface area contributed by atoms with Crippen molar-refractivity contribution in [1.29, 1.82) is 0 Å². The van der Waals surface area contributed by atoms with Gasteiger partial charge in [0.05, 0.1) is 0 Å². The first kappa shape index (κ1) is 16.1. The first-order chi connectivity index (χ1) is 13.9. The van der Waals surface area contributed by atoms with Crippen molar-refractivity contribution < 1.29 is 0 Å². The summed E-state index contributed by atoms with van der Waals surface area (Å²) in [5.74, 6) is 0. The SMILES string of the molecule is c1ccc(-c2c(-c3csc4cc5ccccc5cc34)sc3ccccc23)cc1. The van der Waals surface area contributed by atoms with Crippen LogP contribution in [0.2, 0.25) is 0 Å². The van der Waals surface area contributed by atoms with Gasteiger partial charge in [-0.05, 0) is 34.5 Å². The maximum absolute atomic E-state index is 2.36. The van der Waals surface area contributed by atoms with Crippen molar-refractivity contribution in [3.63, 3.8) is 0 Å². The Hall–Kier alpha value is -2.94. The highest BCUT2D eigenvalue weighted by atomic mass is 32.1. The van der Waals surface area contributed by atoms with Gasteiger partial charge in [0.25, 0.3) is 0 Å². The molecule has 132 valence electrons. The molecule has 2 aromatic heterocycles. The topological polar surface area (TPSA) is 0 Å². The maximum atomic E-state index is 2.36. The molecule has 0 radical (unpaired) electrons. The fourth-order valence-electron chi connectivity index (χ4n) is 4.02. The van der Waals surface area contributed by atoms with Gasteiger partial charge in [-0.15, -0.1) is 22.7 Å². The molecule has 0 saturated heterocycles. The van der Waals surface area contributed by atoms with Crippen molar-refractivity contribution in [1.82, 2.24) is 0 Å². The highest BCUT2D eigenvalue weighted by Crippen LogP contribution is 2.48. The summed E-state index contributed by atoms with van der Waals surface area (Å²) in [6, 6.07) is 32.9. The number of rotatable bonds is 2. The molecule has 0 bridgehead atoms. The van der Waals surface area contributed by atoms with Gasteiger partial charge in [-0.25, -0.2) is 0 Å². The quantitative estimate of drug-likeness (QED) is 0.277. The van der Waals surface area contributed by atoms with E-state index in [1.54, 1.807) is 0 Å². The second-order valence-electron chi connectivity index (χ2n) is 7.01. The molecule has 2 heteroatoms. The van der Waals surface area contributed by atoms with Gasteiger partial charge in [0.15, 0.2) is 0 Å². The molecule has 0 atom stereocenters. The first-order valence-corrected chi connectivity index (χ1v) is 11.1. The van der Waals surface area contributed by atoms with Crippen LogP contribution in [0.5, 0.6) is 0 Å². The molecule has 6 aromatic rings. The van der Waals surface area contributed by atoms with E-state index in [0.29, 0.717) is 0 Å². The van der Waals surface area contributed by atoms with E-state index in [1.807, 2.05) is 22.7 Å². The molecule has 0 fully saturated rings. The van der Waals surface area contributed by atoms with E-state index < -0.39 is 0 Å². The lowest BCUT2D eigenvalue weighted by atomic mass is 9.98. The third-order valence-corrected chi connectivity index (χ3v) is 7.49. The molecule has 6 rings (SSSR count). The van der Waals surface area contributed by atoms with Gasteiger partial charge in [-0.2, -0.15) is 0 Å². The predicted octanol–water partition coefficient (Wildman–Crippen LogP) is 8.60. The van der Waals surface area contributed by atoms with Crippen molar-refractivity contribution in [2.24, 2.45) is 0 Å². The van der Waals surface area contributed by atoms with E-state index in [9.17, 15) is 0 Å². The minimum Gasteiger partial charge on any atom is -0.143 e. The van der Waals surface area contributed by atoms with Crippen molar-refractivity contribution in [2.45, 2.75) is 0 Å². The van der Waals surface area contributed by atoms with Crippen LogP contribution in [0, 0.1) is 0 Å². The number of benzene rings is 4. The molecular weight excluding hydrogens is 376 g/mol. The van der Waals surface area contributed by atoms with Crippen LogP contribution in [0.1, 0.15) is 0 Å². The van der Waals surface area contributed by atoms with Crippen LogP contribution >= 0.6 is 22.7 Å². The average molecular weight is 393 g/mol. The van der Waals surface area contributed by atoms with Gasteiger partial charge in [-0.3, -0.25) is 0 Å². The Morgan fingerprint density at radius 3 is 2.14 bits per heavy atom. The maximum Gasteiger partial charge on any atom is 0.0448 e. The Labute approximate surface area is 171 Å². The van der Waals surface area contributed by atoms with Crippen LogP contribution in [0.15, 0.2) is 96.4 Å². The zero-order valence-electron chi connectivity index (χ0n) is 15.1. The molecule has 0 N–H and O–H groups in total. The van der Waals surface area contributed by atoms with E-state index in [2.05, 4.69) is 96.4 Å². The second kappa shape index (κ2) is 6.30. The largest absolute Gasteiger partial charge is 0.143 e. The zero-order chi connectivity index (χ0) is 18.5. The van der Waals surface area contributed by atoms with Gasteiger partial charge in [-0.1, -0.05) is 72.8 Å². The lowest BCUT2D eigenvalue weighted by Gasteiger charge is -2.06. The molecular formula is C26H16S2. The Morgan fingerprint density at radius 2 is 1.29 bits per heavy atom. The summed E-state index contributed by atoms with van der Waals surface area (Å²) in [6.07, 6.45) is 0. The summed E-state index contributed by atoms with van der Waals surface area (Å²) >= 11 is 3.75. The fourth-order valence-corrected chi connectivity index (χ4v) is 6.33. The Kier molecular flexibility index (Phi) is 3.61. The van der Waals surface area contributed by atoms with E-state index >= 15 is 0 Å². The lowest BCUT2D eigenvalue weighted by molar-refractivity contribution is 1.68. The van der Waals surface area contributed by atoms with Crippen LogP contribution in [0.3, 0.4) is 0 Å². The molecule has 0 aliphatic heterocycles. The van der Waals surface area contributed by atoms with Gasteiger partial charge >= 0.3 is 0 Å². The molecule has 0 amide bonds. The highest BCUT2D eigenvalue weighted by molar-refractivity contribution is 7.24. The third-order valence-electron chi connectivity index (χ3n) is 5.34.